The maximum atomic E-state index is 13.7. The fourth-order valence-electron chi connectivity index (χ4n) is 3.43. The van der Waals surface area contributed by atoms with Gasteiger partial charge in [-0.05, 0) is 29.3 Å². The minimum absolute atomic E-state index is 0.0259. The summed E-state index contributed by atoms with van der Waals surface area (Å²) in [6.45, 7) is 0. The molecule has 0 saturated heterocycles. The van der Waals surface area contributed by atoms with Crippen LogP contribution in [0.3, 0.4) is 0 Å². The van der Waals surface area contributed by atoms with Gasteiger partial charge in [0, 0.05) is 16.7 Å². The number of benzene rings is 4. The largest absolute Gasteiger partial charge is 0.208 e. The predicted molar refractivity (Wildman–Crippen MR) is 127 cm³/mol. The molecule has 0 aliphatic rings. The normalized spacial score (nSPS) is 10.8. The van der Waals surface area contributed by atoms with Crippen LogP contribution in [-0.4, -0.2) is 15.0 Å². The molecule has 5 heteroatoms. The van der Waals surface area contributed by atoms with E-state index in [1.165, 1.54) is 12.1 Å². The Kier molecular flexibility index (Phi) is 5.44. The number of nitrogens with zero attached hydrogens (tertiary/aromatic N) is 3. The number of aromatic nitrogens is 3. The molecule has 0 spiro atoms. The third-order valence-electron chi connectivity index (χ3n) is 5.10. The Morgan fingerprint density at radius 2 is 0.875 bits per heavy atom. The summed E-state index contributed by atoms with van der Waals surface area (Å²) in [5.41, 5.74) is 4.60. The zero-order valence-electron chi connectivity index (χ0n) is 16.9. The van der Waals surface area contributed by atoms with E-state index in [0.717, 1.165) is 22.3 Å². The monoisotopic (exact) mass is 437 g/mol. The van der Waals surface area contributed by atoms with E-state index in [2.05, 4.69) is 22.1 Å². The molecule has 5 rings (SSSR count). The van der Waals surface area contributed by atoms with E-state index in [1.54, 1.807) is 6.07 Å². The lowest BCUT2D eigenvalue weighted by molar-refractivity contribution is 0.628. The maximum Gasteiger partial charge on any atom is 0.164 e. The van der Waals surface area contributed by atoms with Crippen LogP contribution in [0.4, 0.5) is 4.39 Å². The first-order chi connectivity index (χ1) is 15.7. The molecule has 3 nitrogen and oxygen atoms in total. The first kappa shape index (κ1) is 20.0. The van der Waals surface area contributed by atoms with Gasteiger partial charge < -0.3 is 0 Å². The highest BCUT2D eigenvalue weighted by Crippen LogP contribution is 2.28. The fourth-order valence-corrected chi connectivity index (χ4v) is 3.61. The van der Waals surface area contributed by atoms with Crippen LogP contribution in [0.1, 0.15) is 0 Å². The summed E-state index contributed by atoms with van der Waals surface area (Å²) in [5, 5.41) is 0.0259. The molecule has 4 aromatic carbocycles. The van der Waals surface area contributed by atoms with E-state index in [9.17, 15) is 4.39 Å². The molecule has 0 N–H and O–H groups in total. The average Bonchev–Trinajstić information content (AvgIpc) is 2.86. The Balaban J connectivity index is 1.62. The van der Waals surface area contributed by atoms with Crippen molar-refractivity contribution in [1.29, 1.82) is 0 Å². The van der Waals surface area contributed by atoms with Crippen LogP contribution < -0.4 is 0 Å². The van der Waals surface area contributed by atoms with E-state index in [0.29, 0.717) is 23.0 Å². The van der Waals surface area contributed by atoms with Crippen LogP contribution in [0, 0.1) is 5.82 Å². The van der Waals surface area contributed by atoms with Crippen molar-refractivity contribution in [1.82, 2.24) is 15.0 Å². The van der Waals surface area contributed by atoms with Gasteiger partial charge >= 0.3 is 0 Å². The van der Waals surface area contributed by atoms with Gasteiger partial charge in [0.25, 0.3) is 0 Å². The summed E-state index contributed by atoms with van der Waals surface area (Å²) in [6.07, 6.45) is 0. The molecular formula is C27H17ClFN3. The molecule has 0 saturated carbocycles. The molecule has 1 heterocycles. The zero-order chi connectivity index (χ0) is 21.9. The highest BCUT2D eigenvalue weighted by atomic mass is 35.5. The van der Waals surface area contributed by atoms with Crippen molar-refractivity contribution in [2.75, 3.05) is 0 Å². The van der Waals surface area contributed by atoms with Crippen molar-refractivity contribution in [3.8, 4) is 45.3 Å². The van der Waals surface area contributed by atoms with Crippen molar-refractivity contribution in [2.24, 2.45) is 0 Å². The highest BCUT2D eigenvalue weighted by Gasteiger charge is 2.13. The Morgan fingerprint density at radius 3 is 1.44 bits per heavy atom. The first-order valence-electron chi connectivity index (χ1n) is 10.1. The van der Waals surface area contributed by atoms with Crippen LogP contribution in [0.2, 0.25) is 5.02 Å². The van der Waals surface area contributed by atoms with Crippen molar-refractivity contribution in [3.05, 3.63) is 114 Å². The predicted octanol–water partition coefficient (Wildman–Crippen LogP) is 7.33. The van der Waals surface area contributed by atoms with Gasteiger partial charge in [-0.3, -0.25) is 0 Å². The molecule has 1 aromatic heterocycles. The number of rotatable bonds is 4. The molecule has 0 radical (unpaired) electrons. The lowest BCUT2D eigenvalue weighted by Crippen LogP contribution is -2.00. The van der Waals surface area contributed by atoms with Gasteiger partial charge in [-0.1, -0.05) is 96.5 Å². The molecule has 0 bridgehead atoms. The first-order valence-corrected chi connectivity index (χ1v) is 10.5. The second kappa shape index (κ2) is 8.69. The maximum absolute atomic E-state index is 13.7. The number of halogens is 2. The van der Waals surface area contributed by atoms with Crippen LogP contribution in [0.5, 0.6) is 0 Å². The number of hydrogen-bond donors (Lipinski definition) is 0. The molecular weight excluding hydrogens is 421 g/mol. The summed E-state index contributed by atoms with van der Waals surface area (Å²) in [5.74, 6) is 1.03. The van der Waals surface area contributed by atoms with Crippen molar-refractivity contribution >= 4 is 11.6 Å². The van der Waals surface area contributed by atoms with E-state index in [-0.39, 0.29) is 5.02 Å². The molecule has 0 aliphatic carbocycles. The van der Waals surface area contributed by atoms with E-state index >= 15 is 0 Å². The van der Waals surface area contributed by atoms with Crippen LogP contribution in [0.15, 0.2) is 103 Å². The topological polar surface area (TPSA) is 38.7 Å². The molecule has 0 fully saturated rings. The molecule has 32 heavy (non-hydrogen) atoms. The minimum Gasteiger partial charge on any atom is -0.208 e. The molecule has 5 aromatic rings. The SMILES string of the molecule is Fc1ccc(-c2nc(-c3ccccc3)nc(-c3ccc(-c4ccccc4)cc3)n2)cc1Cl. The van der Waals surface area contributed by atoms with Gasteiger partial charge in [0.2, 0.25) is 0 Å². The van der Waals surface area contributed by atoms with Gasteiger partial charge in [-0.2, -0.15) is 0 Å². The summed E-state index contributed by atoms with van der Waals surface area (Å²) >= 11 is 6.01. The Hall–Kier alpha value is -3.89. The van der Waals surface area contributed by atoms with Gasteiger partial charge in [0.05, 0.1) is 5.02 Å². The third kappa shape index (κ3) is 4.13. The Morgan fingerprint density at radius 1 is 0.469 bits per heavy atom. The van der Waals surface area contributed by atoms with Crippen LogP contribution in [0.25, 0.3) is 45.3 Å². The molecule has 0 aliphatic heterocycles. The minimum atomic E-state index is -0.482. The summed E-state index contributed by atoms with van der Waals surface area (Å²) in [4.78, 5) is 14.0. The van der Waals surface area contributed by atoms with E-state index in [1.807, 2.05) is 72.8 Å². The molecule has 0 unspecified atom stereocenters. The van der Waals surface area contributed by atoms with Crippen molar-refractivity contribution in [2.45, 2.75) is 0 Å². The standard InChI is InChI=1S/C27H17ClFN3/c28-23-17-22(15-16-24(23)29)27-31-25(20-9-5-2-6-10-20)30-26(32-27)21-13-11-19(12-14-21)18-7-3-1-4-8-18/h1-17H. The second-order valence-electron chi connectivity index (χ2n) is 7.24. The van der Waals surface area contributed by atoms with Gasteiger partial charge in [0.15, 0.2) is 17.5 Å². The van der Waals surface area contributed by atoms with Crippen molar-refractivity contribution < 1.29 is 4.39 Å². The molecule has 0 amide bonds. The molecule has 154 valence electrons. The van der Waals surface area contributed by atoms with Gasteiger partial charge in [-0.15, -0.1) is 0 Å². The van der Waals surface area contributed by atoms with E-state index in [4.69, 9.17) is 16.6 Å². The average molecular weight is 438 g/mol. The van der Waals surface area contributed by atoms with Crippen LogP contribution in [-0.2, 0) is 0 Å². The number of hydrogen-bond acceptors (Lipinski definition) is 3. The second-order valence-corrected chi connectivity index (χ2v) is 7.65. The summed E-state index contributed by atoms with van der Waals surface area (Å²) in [7, 11) is 0. The van der Waals surface area contributed by atoms with Crippen molar-refractivity contribution in [3.63, 3.8) is 0 Å². The smallest absolute Gasteiger partial charge is 0.164 e. The Bertz CT molecular complexity index is 1370. The highest BCUT2D eigenvalue weighted by molar-refractivity contribution is 6.31. The lowest BCUT2D eigenvalue weighted by Gasteiger charge is -2.09. The quantitative estimate of drug-likeness (QED) is 0.295. The van der Waals surface area contributed by atoms with Gasteiger partial charge in [-0.25, -0.2) is 19.3 Å². The summed E-state index contributed by atoms with van der Waals surface area (Å²) < 4.78 is 13.7. The van der Waals surface area contributed by atoms with E-state index < -0.39 is 5.82 Å². The molecule has 0 atom stereocenters. The third-order valence-corrected chi connectivity index (χ3v) is 5.39. The van der Waals surface area contributed by atoms with Crippen LogP contribution >= 0.6 is 11.6 Å². The lowest BCUT2D eigenvalue weighted by atomic mass is 10.0. The van der Waals surface area contributed by atoms with Gasteiger partial charge in [0.1, 0.15) is 5.82 Å². The fraction of sp³-hybridized carbons (Fsp3) is 0. The summed E-state index contributed by atoms with van der Waals surface area (Å²) in [6, 6.07) is 32.4. The zero-order valence-corrected chi connectivity index (χ0v) is 17.7. The Labute approximate surface area is 190 Å².